The van der Waals surface area contributed by atoms with Crippen molar-refractivity contribution >= 4 is 17.6 Å². The number of anilines is 1. The van der Waals surface area contributed by atoms with Gasteiger partial charge in [0, 0.05) is 12.1 Å². The molecule has 0 aliphatic carbocycles. The topological polar surface area (TPSA) is 75.6 Å². The number of hydrogen-bond acceptors (Lipinski definition) is 3. The molecule has 0 saturated carbocycles. The molecule has 2 N–H and O–H groups in total. The van der Waals surface area contributed by atoms with Gasteiger partial charge in [-0.15, -0.1) is 0 Å². The van der Waals surface area contributed by atoms with E-state index in [0.29, 0.717) is 17.9 Å². The molecular weight excluding hydrogens is 306 g/mol. The van der Waals surface area contributed by atoms with Crippen LogP contribution >= 0.6 is 0 Å². The molecule has 2 rings (SSSR count). The lowest BCUT2D eigenvalue weighted by Crippen LogP contribution is -2.36. The first-order valence-corrected chi connectivity index (χ1v) is 7.77. The molecule has 0 unspecified atom stereocenters. The Morgan fingerprint density at radius 2 is 1.71 bits per heavy atom. The molecule has 0 heterocycles. The van der Waals surface area contributed by atoms with E-state index in [1.165, 1.54) is 0 Å². The number of rotatable bonds is 7. The SMILES string of the molecule is CCOc1ccc(NC(=O)C[C@](C)(C(=O)O)c2ccccc2)cc1. The second-order valence-corrected chi connectivity index (χ2v) is 5.69. The van der Waals surface area contributed by atoms with Crippen LogP contribution in [0.2, 0.25) is 0 Å². The van der Waals surface area contributed by atoms with Gasteiger partial charge in [0.1, 0.15) is 5.75 Å². The highest BCUT2D eigenvalue weighted by atomic mass is 16.5. The molecule has 0 radical (unpaired) electrons. The second-order valence-electron chi connectivity index (χ2n) is 5.69. The van der Waals surface area contributed by atoms with Crippen LogP contribution in [0.5, 0.6) is 5.75 Å². The number of benzene rings is 2. The summed E-state index contributed by atoms with van der Waals surface area (Å²) >= 11 is 0. The molecule has 0 fully saturated rings. The smallest absolute Gasteiger partial charge is 0.314 e. The van der Waals surface area contributed by atoms with Gasteiger partial charge in [-0.05, 0) is 43.7 Å². The van der Waals surface area contributed by atoms with E-state index < -0.39 is 11.4 Å². The van der Waals surface area contributed by atoms with Gasteiger partial charge in [0.05, 0.1) is 12.0 Å². The molecular formula is C19H21NO4. The first kappa shape index (κ1) is 17.5. The minimum absolute atomic E-state index is 0.153. The number of hydrogen-bond donors (Lipinski definition) is 2. The molecule has 0 aliphatic heterocycles. The van der Waals surface area contributed by atoms with E-state index in [1.807, 2.05) is 13.0 Å². The Balaban J connectivity index is 2.10. The third kappa shape index (κ3) is 4.13. The Bertz CT molecular complexity index is 697. The van der Waals surface area contributed by atoms with Crippen LogP contribution in [0.4, 0.5) is 5.69 Å². The Morgan fingerprint density at radius 1 is 1.08 bits per heavy atom. The third-order valence-corrected chi connectivity index (χ3v) is 3.85. The lowest BCUT2D eigenvalue weighted by Gasteiger charge is -2.24. The number of carboxylic acid groups (broad SMARTS) is 1. The van der Waals surface area contributed by atoms with E-state index in [2.05, 4.69) is 5.32 Å². The van der Waals surface area contributed by atoms with Crippen molar-refractivity contribution in [3.8, 4) is 5.75 Å². The van der Waals surface area contributed by atoms with Gasteiger partial charge in [-0.25, -0.2) is 0 Å². The fraction of sp³-hybridized carbons (Fsp3) is 0.263. The molecule has 5 nitrogen and oxygen atoms in total. The predicted molar refractivity (Wildman–Crippen MR) is 92.3 cm³/mol. The molecule has 0 spiro atoms. The van der Waals surface area contributed by atoms with Gasteiger partial charge in [-0.3, -0.25) is 9.59 Å². The zero-order chi connectivity index (χ0) is 17.6. The average Bonchev–Trinajstić information content (AvgIpc) is 2.57. The van der Waals surface area contributed by atoms with Crippen molar-refractivity contribution in [3.05, 3.63) is 60.2 Å². The summed E-state index contributed by atoms with van der Waals surface area (Å²) < 4.78 is 5.35. The molecule has 0 saturated heterocycles. The quantitative estimate of drug-likeness (QED) is 0.816. The lowest BCUT2D eigenvalue weighted by molar-refractivity contribution is -0.145. The van der Waals surface area contributed by atoms with Crippen molar-refractivity contribution < 1.29 is 19.4 Å². The summed E-state index contributed by atoms with van der Waals surface area (Å²) in [5.41, 5.74) is -0.0834. The molecule has 24 heavy (non-hydrogen) atoms. The van der Waals surface area contributed by atoms with Crippen molar-refractivity contribution in [2.45, 2.75) is 25.7 Å². The normalized spacial score (nSPS) is 12.9. The molecule has 0 aromatic heterocycles. The Kier molecular flexibility index (Phi) is 5.58. The van der Waals surface area contributed by atoms with Crippen LogP contribution in [0, 0.1) is 0 Å². The van der Waals surface area contributed by atoms with Gasteiger partial charge < -0.3 is 15.2 Å². The minimum atomic E-state index is -1.28. The third-order valence-electron chi connectivity index (χ3n) is 3.85. The first-order chi connectivity index (χ1) is 11.5. The van der Waals surface area contributed by atoms with Crippen molar-refractivity contribution in [1.29, 1.82) is 0 Å². The van der Waals surface area contributed by atoms with Gasteiger partial charge in [0.15, 0.2) is 0 Å². The Morgan fingerprint density at radius 3 is 2.25 bits per heavy atom. The maximum atomic E-state index is 12.3. The number of ether oxygens (including phenoxy) is 1. The zero-order valence-corrected chi connectivity index (χ0v) is 13.8. The number of nitrogens with one attached hydrogen (secondary N) is 1. The number of aliphatic carboxylic acids is 1. The highest BCUT2D eigenvalue weighted by Gasteiger charge is 2.37. The molecule has 1 amide bonds. The zero-order valence-electron chi connectivity index (χ0n) is 13.8. The van der Waals surface area contributed by atoms with Gasteiger partial charge in [-0.2, -0.15) is 0 Å². The van der Waals surface area contributed by atoms with Crippen molar-refractivity contribution in [3.63, 3.8) is 0 Å². The summed E-state index contributed by atoms with van der Waals surface area (Å²) in [4.78, 5) is 24.0. The van der Waals surface area contributed by atoms with Crippen LogP contribution in [0.1, 0.15) is 25.8 Å². The van der Waals surface area contributed by atoms with Crippen LogP contribution in [0.3, 0.4) is 0 Å². The Hall–Kier alpha value is -2.82. The van der Waals surface area contributed by atoms with Crippen molar-refractivity contribution in [1.82, 2.24) is 0 Å². The van der Waals surface area contributed by atoms with Crippen LogP contribution in [0.15, 0.2) is 54.6 Å². The van der Waals surface area contributed by atoms with Gasteiger partial charge in [0.2, 0.25) is 5.91 Å². The number of amides is 1. The van der Waals surface area contributed by atoms with E-state index in [9.17, 15) is 14.7 Å². The van der Waals surface area contributed by atoms with E-state index >= 15 is 0 Å². The number of carbonyl (C=O) groups excluding carboxylic acids is 1. The summed E-state index contributed by atoms with van der Waals surface area (Å²) in [7, 11) is 0. The first-order valence-electron chi connectivity index (χ1n) is 7.77. The minimum Gasteiger partial charge on any atom is -0.494 e. The number of carbonyl (C=O) groups is 2. The summed E-state index contributed by atoms with van der Waals surface area (Å²) in [5, 5.41) is 12.3. The van der Waals surface area contributed by atoms with Crippen molar-refractivity contribution in [2.24, 2.45) is 0 Å². The second kappa shape index (κ2) is 7.64. The van der Waals surface area contributed by atoms with Crippen LogP contribution in [0.25, 0.3) is 0 Å². The molecule has 2 aromatic rings. The van der Waals surface area contributed by atoms with E-state index in [0.717, 1.165) is 5.75 Å². The van der Waals surface area contributed by atoms with E-state index in [-0.39, 0.29) is 12.3 Å². The van der Waals surface area contributed by atoms with Crippen LogP contribution in [-0.4, -0.2) is 23.6 Å². The molecule has 2 aromatic carbocycles. The standard InChI is InChI=1S/C19H21NO4/c1-3-24-16-11-9-15(10-12-16)20-17(21)13-19(2,18(22)23)14-7-5-4-6-8-14/h4-12H,3,13H2,1-2H3,(H,20,21)(H,22,23)/t19-/m0/s1. The predicted octanol–water partition coefficient (Wildman–Crippen LogP) is 3.46. The van der Waals surface area contributed by atoms with Gasteiger partial charge in [-0.1, -0.05) is 30.3 Å². The summed E-state index contributed by atoms with van der Waals surface area (Å²) in [5.74, 6) is -0.668. The fourth-order valence-electron chi connectivity index (χ4n) is 2.43. The largest absolute Gasteiger partial charge is 0.494 e. The number of carboxylic acids is 1. The van der Waals surface area contributed by atoms with Crippen LogP contribution in [-0.2, 0) is 15.0 Å². The molecule has 0 bridgehead atoms. The monoisotopic (exact) mass is 327 g/mol. The van der Waals surface area contributed by atoms with E-state index in [4.69, 9.17) is 4.74 Å². The molecule has 126 valence electrons. The summed E-state index contributed by atoms with van der Waals surface area (Å²) in [6, 6.07) is 15.7. The molecule has 5 heteroatoms. The van der Waals surface area contributed by atoms with E-state index in [1.54, 1.807) is 55.5 Å². The average molecular weight is 327 g/mol. The molecule has 1 atom stereocenters. The van der Waals surface area contributed by atoms with Crippen molar-refractivity contribution in [2.75, 3.05) is 11.9 Å². The lowest BCUT2D eigenvalue weighted by atomic mass is 9.79. The van der Waals surface area contributed by atoms with Gasteiger partial charge in [0.25, 0.3) is 0 Å². The van der Waals surface area contributed by atoms with Gasteiger partial charge >= 0.3 is 5.97 Å². The summed E-state index contributed by atoms with van der Waals surface area (Å²) in [6.07, 6.45) is -0.153. The highest BCUT2D eigenvalue weighted by molar-refractivity contribution is 5.96. The molecule has 0 aliphatic rings. The summed E-state index contributed by atoms with van der Waals surface area (Å²) in [6.45, 7) is 4.02. The van der Waals surface area contributed by atoms with Crippen LogP contribution < -0.4 is 10.1 Å². The fourth-order valence-corrected chi connectivity index (χ4v) is 2.43. The maximum Gasteiger partial charge on any atom is 0.314 e. The Labute approximate surface area is 141 Å². The maximum absolute atomic E-state index is 12.3. The highest BCUT2D eigenvalue weighted by Crippen LogP contribution is 2.28.